The molecule has 1 amide bonds. The van der Waals surface area contributed by atoms with Gasteiger partial charge in [0.2, 0.25) is 0 Å². The first-order valence-electron chi connectivity index (χ1n) is 4.98. The van der Waals surface area contributed by atoms with E-state index in [2.05, 4.69) is 27.9 Å². The zero-order valence-electron chi connectivity index (χ0n) is 8.90. The molecule has 0 unspecified atom stereocenters. The Morgan fingerprint density at radius 1 is 1.56 bits per heavy atom. The molecule has 5 heteroatoms. The maximum Gasteiger partial charge on any atom is 0.255 e. The molecule has 88 valence electrons. The van der Waals surface area contributed by atoms with Crippen LogP contribution in [-0.4, -0.2) is 28.8 Å². The number of aliphatic hydroxyl groups excluding tert-OH is 1. The van der Waals surface area contributed by atoms with Crippen molar-refractivity contribution in [1.29, 1.82) is 0 Å². The summed E-state index contributed by atoms with van der Waals surface area (Å²) in [4.78, 5) is 11.8. The van der Waals surface area contributed by atoms with Crippen LogP contribution in [0.4, 0.5) is 0 Å². The molecule has 16 heavy (non-hydrogen) atoms. The Morgan fingerprint density at radius 3 is 2.81 bits per heavy atom. The van der Waals surface area contributed by atoms with Crippen LogP contribution < -0.4 is 5.32 Å². The standard InChI is InChI=1S/C11H14INO3/c1-2-8(6-14)13-11(16)9-5-7(12)3-4-10(9)15/h3-5,8,14-15H,2,6H2,1H3,(H,13,16)/t8-/m0/s1. The summed E-state index contributed by atoms with van der Waals surface area (Å²) in [6, 6.07) is 4.53. The van der Waals surface area contributed by atoms with Gasteiger partial charge in [-0.2, -0.15) is 0 Å². The van der Waals surface area contributed by atoms with Crippen LogP contribution in [0.15, 0.2) is 18.2 Å². The van der Waals surface area contributed by atoms with Crippen LogP contribution in [0.3, 0.4) is 0 Å². The largest absolute Gasteiger partial charge is 0.507 e. The van der Waals surface area contributed by atoms with Crippen molar-refractivity contribution in [2.75, 3.05) is 6.61 Å². The fourth-order valence-corrected chi connectivity index (χ4v) is 1.72. The Bertz CT molecular complexity index is 377. The number of phenols is 1. The summed E-state index contributed by atoms with van der Waals surface area (Å²) in [5, 5.41) is 21.2. The molecule has 1 aromatic rings. The highest BCUT2D eigenvalue weighted by atomic mass is 127. The SMILES string of the molecule is CC[C@@H](CO)NC(=O)c1cc(I)ccc1O. The molecule has 0 saturated heterocycles. The number of carbonyl (C=O) groups is 1. The van der Waals surface area contributed by atoms with Gasteiger partial charge in [-0.3, -0.25) is 4.79 Å². The Kier molecular flexibility index (Phi) is 5.01. The molecule has 4 nitrogen and oxygen atoms in total. The Balaban J connectivity index is 2.83. The maximum absolute atomic E-state index is 11.8. The predicted molar refractivity (Wildman–Crippen MR) is 69.5 cm³/mol. The third-order valence-corrected chi connectivity index (χ3v) is 2.92. The molecule has 3 N–H and O–H groups in total. The summed E-state index contributed by atoms with van der Waals surface area (Å²) in [6.45, 7) is 1.77. The van der Waals surface area contributed by atoms with Gasteiger partial charge in [-0.1, -0.05) is 6.92 Å². The summed E-state index contributed by atoms with van der Waals surface area (Å²) >= 11 is 2.07. The highest BCUT2D eigenvalue weighted by molar-refractivity contribution is 14.1. The molecule has 0 aliphatic rings. The smallest absolute Gasteiger partial charge is 0.255 e. The summed E-state index contributed by atoms with van der Waals surface area (Å²) in [7, 11) is 0. The lowest BCUT2D eigenvalue weighted by Crippen LogP contribution is -2.36. The minimum atomic E-state index is -0.364. The maximum atomic E-state index is 11.8. The van der Waals surface area contributed by atoms with Gasteiger partial charge in [0.25, 0.3) is 5.91 Å². The van der Waals surface area contributed by atoms with Gasteiger partial charge >= 0.3 is 0 Å². The third-order valence-electron chi connectivity index (χ3n) is 2.25. The molecule has 0 aromatic heterocycles. The summed E-state index contributed by atoms with van der Waals surface area (Å²) in [6.07, 6.45) is 0.646. The summed E-state index contributed by atoms with van der Waals surface area (Å²) in [5.41, 5.74) is 0.235. The minimum Gasteiger partial charge on any atom is -0.507 e. The number of rotatable bonds is 4. The Morgan fingerprint density at radius 2 is 2.25 bits per heavy atom. The molecular formula is C11H14INO3. The molecule has 1 aromatic carbocycles. The molecule has 0 spiro atoms. The lowest BCUT2D eigenvalue weighted by Gasteiger charge is -2.14. The van der Waals surface area contributed by atoms with E-state index in [9.17, 15) is 9.90 Å². The van der Waals surface area contributed by atoms with Crippen molar-refractivity contribution in [3.8, 4) is 5.75 Å². The Labute approximate surface area is 108 Å². The number of benzene rings is 1. The summed E-state index contributed by atoms with van der Waals surface area (Å²) < 4.78 is 0.873. The topological polar surface area (TPSA) is 69.6 Å². The van der Waals surface area contributed by atoms with E-state index in [0.29, 0.717) is 6.42 Å². The van der Waals surface area contributed by atoms with E-state index in [1.54, 1.807) is 12.1 Å². The number of aromatic hydroxyl groups is 1. The van der Waals surface area contributed by atoms with E-state index < -0.39 is 0 Å². The predicted octanol–water partition coefficient (Wildman–Crippen LogP) is 1.50. The molecule has 0 aliphatic heterocycles. The monoisotopic (exact) mass is 335 g/mol. The van der Waals surface area contributed by atoms with Gasteiger partial charge in [-0.05, 0) is 47.2 Å². The quantitative estimate of drug-likeness (QED) is 0.731. The lowest BCUT2D eigenvalue weighted by molar-refractivity contribution is 0.0912. The van der Waals surface area contributed by atoms with Gasteiger partial charge in [-0.25, -0.2) is 0 Å². The first kappa shape index (κ1) is 13.2. The highest BCUT2D eigenvalue weighted by Crippen LogP contribution is 2.19. The molecule has 0 saturated carbocycles. The molecule has 1 atom stereocenters. The first-order valence-corrected chi connectivity index (χ1v) is 6.06. The first-order chi connectivity index (χ1) is 7.58. The van der Waals surface area contributed by atoms with Crippen molar-refractivity contribution in [3.05, 3.63) is 27.3 Å². The highest BCUT2D eigenvalue weighted by Gasteiger charge is 2.14. The van der Waals surface area contributed by atoms with E-state index in [1.807, 2.05) is 6.92 Å². The van der Waals surface area contributed by atoms with Crippen molar-refractivity contribution < 1.29 is 15.0 Å². The number of amides is 1. The normalized spacial score (nSPS) is 12.2. The average molecular weight is 335 g/mol. The number of hydrogen-bond acceptors (Lipinski definition) is 3. The van der Waals surface area contributed by atoms with Gasteiger partial charge in [0, 0.05) is 3.57 Å². The number of phenolic OH excluding ortho intramolecular Hbond substituents is 1. The number of nitrogens with one attached hydrogen (secondary N) is 1. The van der Waals surface area contributed by atoms with E-state index in [-0.39, 0.29) is 29.9 Å². The average Bonchev–Trinajstić information content (AvgIpc) is 2.28. The number of halogens is 1. The van der Waals surface area contributed by atoms with Gasteiger partial charge in [0.05, 0.1) is 18.2 Å². The van der Waals surface area contributed by atoms with E-state index in [4.69, 9.17) is 5.11 Å². The second-order valence-electron chi connectivity index (χ2n) is 3.42. The van der Waals surface area contributed by atoms with Crippen LogP contribution in [0.5, 0.6) is 5.75 Å². The minimum absolute atomic E-state index is 0.0503. The fraction of sp³-hybridized carbons (Fsp3) is 0.364. The fourth-order valence-electron chi connectivity index (χ4n) is 1.23. The molecular weight excluding hydrogens is 321 g/mol. The van der Waals surface area contributed by atoms with Gasteiger partial charge in [0.1, 0.15) is 5.75 Å². The van der Waals surface area contributed by atoms with Crippen molar-refractivity contribution >= 4 is 28.5 Å². The molecule has 1 rings (SSSR count). The van der Waals surface area contributed by atoms with Crippen molar-refractivity contribution in [1.82, 2.24) is 5.32 Å². The zero-order chi connectivity index (χ0) is 12.1. The third kappa shape index (κ3) is 3.34. The Hall–Kier alpha value is -0.820. The van der Waals surface area contributed by atoms with Crippen LogP contribution in [-0.2, 0) is 0 Å². The number of carbonyl (C=O) groups excluding carboxylic acids is 1. The van der Waals surface area contributed by atoms with Crippen LogP contribution in [0.25, 0.3) is 0 Å². The van der Waals surface area contributed by atoms with Crippen molar-refractivity contribution in [2.24, 2.45) is 0 Å². The molecule has 0 aliphatic carbocycles. The zero-order valence-corrected chi connectivity index (χ0v) is 11.1. The van der Waals surface area contributed by atoms with Gasteiger partial charge in [-0.15, -0.1) is 0 Å². The molecule has 0 fully saturated rings. The molecule has 0 heterocycles. The van der Waals surface area contributed by atoms with Gasteiger partial charge in [0.15, 0.2) is 0 Å². The molecule has 0 bridgehead atoms. The van der Waals surface area contributed by atoms with Crippen LogP contribution >= 0.6 is 22.6 Å². The number of aliphatic hydroxyl groups is 1. The van der Waals surface area contributed by atoms with E-state index in [0.717, 1.165) is 3.57 Å². The van der Waals surface area contributed by atoms with Crippen LogP contribution in [0.1, 0.15) is 23.7 Å². The van der Waals surface area contributed by atoms with E-state index in [1.165, 1.54) is 6.07 Å². The van der Waals surface area contributed by atoms with Crippen molar-refractivity contribution in [2.45, 2.75) is 19.4 Å². The van der Waals surface area contributed by atoms with Crippen molar-refractivity contribution in [3.63, 3.8) is 0 Å². The lowest BCUT2D eigenvalue weighted by atomic mass is 10.1. The second kappa shape index (κ2) is 6.05. The molecule has 0 radical (unpaired) electrons. The van der Waals surface area contributed by atoms with Gasteiger partial charge < -0.3 is 15.5 Å². The number of hydrogen-bond donors (Lipinski definition) is 3. The van der Waals surface area contributed by atoms with Crippen LogP contribution in [0, 0.1) is 3.57 Å². The second-order valence-corrected chi connectivity index (χ2v) is 4.67. The van der Waals surface area contributed by atoms with E-state index >= 15 is 0 Å². The summed E-state index contributed by atoms with van der Waals surface area (Å²) in [5.74, 6) is -0.414. The van der Waals surface area contributed by atoms with Crippen LogP contribution in [0.2, 0.25) is 0 Å².